The lowest BCUT2D eigenvalue weighted by molar-refractivity contribution is -0.140. The van der Waals surface area contributed by atoms with E-state index in [1.165, 1.54) is 44.2 Å². The van der Waals surface area contributed by atoms with Crippen LogP contribution in [0.15, 0.2) is 18.2 Å². The second-order valence-electron chi connectivity index (χ2n) is 5.94. The average Bonchev–Trinajstić information content (AvgIpc) is 2.92. The van der Waals surface area contributed by atoms with E-state index in [1.54, 1.807) is 0 Å². The summed E-state index contributed by atoms with van der Waals surface area (Å²) < 4.78 is 33.1. The molecule has 1 fully saturated rings. The molecular weight excluding hydrogens is 350 g/mol. The molecule has 0 aromatic heterocycles. The Labute approximate surface area is 146 Å². The number of likely N-dealkylation sites (N-methyl/N-ethyl adjacent to an activating group) is 1. The van der Waals surface area contributed by atoms with Gasteiger partial charge in [-0.3, -0.25) is 4.79 Å². The second kappa shape index (κ2) is 7.30. The molecule has 1 aliphatic heterocycles. The summed E-state index contributed by atoms with van der Waals surface area (Å²) in [4.78, 5) is 25.8. The smallest absolute Gasteiger partial charge is 0.342 e. The Bertz CT molecular complexity index is 775. The molecule has 1 aromatic rings. The number of esters is 1. The number of carbonyl (C=O) groups is 2. The van der Waals surface area contributed by atoms with Crippen molar-refractivity contribution < 1.29 is 32.6 Å². The van der Waals surface area contributed by atoms with Crippen LogP contribution in [0.3, 0.4) is 0 Å². The fourth-order valence-corrected chi connectivity index (χ4v) is 4.41. The molecule has 1 N–H and O–H groups in total. The van der Waals surface area contributed by atoms with Crippen molar-refractivity contribution in [3.05, 3.63) is 23.8 Å². The molecule has 0 saturated carbocycles. The first-order chi connectivity index (χ1) is 11.6. The van der Waals surface area contributed by atoms with Crippen LogP contribution in [0.5, 0.6) is 11.5 Å². The summed E-state index contributed by atoms with van der Waals surface area (Å²) in [6.45, 7) is 1.40. The molecule has 2 atom stereocenters. The molecule has 0 radical (unpaired) electrons. The number of hydrogen-bond acceptors (Lipinski definition) is 7. The maximum absolute atomic E-state index is 12.4. The molecule has 0 aliphatic carbocycles. The lowest BCUT2D eigenvalue weighted by atomic mass is 10.2. The van der Waals surface area contributed by atoms with E-state index in [0.717, 1.165) is 0 Å². The number of sulfone groups is 1. The number of rotatable bonds is 5. The molecule has 1 aliphatic rings. The first kappa shape index (κ1) is 19.0. The molecule has 1 saturated heterocycles. The van der Waals surface area contributed by atoms with Crippen molar-refractivity contribution in [3.63, 3.8) is 0 Å². The highest BCUT2D eigenvalue weighted by molar-refractivity contribution is 7.91. The highest BCUT2D eigenvalue weighted by Crippen LogP contribution is 2.24. The third-order valence-corrected chi connectivity index (χ3v) is 5.91. The molecule has 1 heterocycles. The Kier molecular flexibility index (Phi) is 5.56. The molecule has 138 valence electrons. The summed E-state index contributed by atoms with van der Waals surface area (Å²) in [7, 11) is -0.212. The standard InChI is InChI=1S/C16H21NO7S/c1-10(15(19)17(2)11-6-7-25(21,22)9-11)24-16(20)13-5-4-12(23-3)8-14(13)18/h4-5,8,10-11,18H,6-7,9H2,1-3H3/t10-,11-/m0/s1. The zero-order valence-corrected chi connectivity index (χ0v) is 15.1. The van der Waals surface area contributed by atoms with Crippen molar-refractivity contribution in [2.24, 2.45) is 0 Å². The van der Waals surface area contributed by atoms with E-state index in [-0.39, 0.29) is 22.8 Å². The number of carbonyl (C=O) groups excluding carboxylic acids is 2. The maximum Gasteiger partial charge on any atom is 0.342 e. The molecule has 9 heteroatoms. The number of hydrogen-bond donors (Lipinski definition) is 1. The number of amides is 1. The minimum Gasteiger partial charge on any atom is -0.507 e. The molecule has 0 unspecified atom stereocenters. The minimum atomic E-state index is -3.12. The number of phenols is 1. The average molecular weight is 371 g/mol. The third-order valence-electron chi connectivity index (χ3n) is 4.16. The predicted molar refractivity (Wildman–Crippen MR) is 89.4 cm³/mol. The second-order valence-corrected chi connectivity index (χ2v) is 8.17. The van der Waals surface area contributed by atoms with Crippen LogP contribution < -0.4 is 4.74 Å². The van der Waals surface area contributed by atoms with Gasteiger partial charge in [-0.05, 0) is 25.5 Å². The van der Waals surface area contributed by atoms with E-state index in [0.29, 0.717) is 12.2 Å². The third kappa shape index (κ3) is 4.41. The fraction of sp³-hybridized carbons (Fsp3) is 0.500. The number of benzene rings is 1. The topological polar surface area (TPSA) is 110 Å². The summed E-state index contributed by atoms with van der Waals surface area (Å²) in [6, 6.07) is 3.66. The van der Waals surface area contributed by atoms with Crippen LogP contribution in [-0.4, -0.2) is 68.1 Å². The van der Waals surface area contributed by atoms with Gasteiger partial charge in [-0.15, -0.1) is 0 Å². The van der Waals surface area contributed by atoms with E-state index in [4.69, 9.17) is 9.47 Å². The number of nitrogens with zero attached hydrogens (tertiary/aromatic N) is 1. The molecule has 1 amide bonds. The zero-order valence-electron chi connectivity index (χ0n) is 14.3. The SMILES string of the molecule is COc1ccc(C(=O)O[C@@H](C)C(=O)N(C)[C@H]2CCS(=O)(=O)C2)c(O)c1. The van der Waals surface area contributed by atoms with Gasteiger partial charge in [-0.2, -0.15) is 0 Å². The number of methoxy groups -OCH3 is 1. The van der Waals surface area contributed by atoms with Crippen LogP contribution in [0.2, 0.25) is 0 Å². The zero-order chi connectivity index (χ0) is 18.8. The Morgan fingerprint density at radius 2 is 2.04 bits per heavy atom. The minimum absolute atomic E-state index is 0.0448. The maximum atomic E-state index is 12.4. The van der Waals surface area contributed by atoms with Crippen molar-refractivity contribution in [1.82, 2.24) is 4.90 Å². The van der Waals surface area contributed by atoms with Crippen LogP contribution >= 0.6 is 0 Å². The van der Waals surface area contributed by atoms with Gasteiger partial charge in [0.2, 0.25) is 0 Å². The predicted octanol–water partition coefficient (Wildman–Crippen LogP) is 0.592. The van der Waals surface area contributed by atoms with Crippen molar-refractivity contribution in [3.8, 4) is 11.5 Å². The van der Waals surface area contributed by atoms with E-state index < -0.39 is 33.9 Å². The van der Waals surface area contributed by atoms with Crippen molar-refractivity contribution in [2.75, 3.05) is 25.7 Å². The largest absolute Gasteiger partial charge is 0.507 e. The van der Waals surface area contributed by atoms with Crippen LogP contribution in [0.25, 0.3) is 0 Å². The van der Waals surface area contributed by atoms with E-state index >= 15 is 0 Å². The summed E-state index contributed by atoms with van der Waals surface area (Å²) in [6.07, 6.45) is -0.743. The molecule has 0 spiro atoms. The van der Waals surface area contributed by atoms with Gasteiger partial charge in [-0.1, -0.05) is 0 Å². The van der Waals surface area contributed by atoms with Crippen LogP contribution in [0, 0.1) is 0 Å². The summed E-state index contributed by atoms with van der Waals surface area (Å²) in [5.74, 6) is -1.34. The highest BCUT2D eigenvalue weighted by Gasteiger charge is 2.35. The Hall–Kier alpha value is -2.29. The number of phenolic OH excluding ortho intramolecular Hbond substituents is 1. The van der Waals surface area contributed by atoms with Gasteiger partial charge in [0.15, 0.2) is 15.9 Å². The van der Waals surface area contributed by atoms with Crippen molar-refractivity contribution >= 4 is 21.7 Å². The van der Waals surface area contributed by atoms with Crippen LogP contribution in [0.4, 0.5) is 0 Å². The van der Waals surface area contributed by atoms with Gasteiger partial charge in [-0.25, -0.2) is 13.2 Å². The lowest BCUT2D eigenvalue weighted by Crippen LogP contribution is -2.44. The van der Waals surface area contributed by atoms with Gasteiger partial charge < -0.3 is 19.5 Å². The summed E-state index contributed by atoms with van der Waals surface area (Å²) in [5.41, 5.74) is -0.0912. The van der Waals surface area contributed by atoms with Crippen molar-refractivity contribution in [1.29, 1.82) is 0 Å². The van der Waals surface area contributed by atoms with Crippen LogP contribution in [0.1, 0.15) is 23.7 Å². The quantitative estimate of drug-likeness (QED) is 0.754. The lowest BCUT2D eigenvalue weighted by Gasteiger charge is -2.26. The Morgan fingerprint density at radius 3 is 2.56 bits per heavy atom. The first-order valence-corrected chi connectivity index (χ1v) is 9.52. The number of ether oxygens (including phenoxy) is 2. The first-order valence-electron chi connectivity index (χ1n) is 7.69. The van der Waals surface area contributed by atoms with Crippen LogP contribution in [-0.2, 0) is 19.4 Å². The molecule has 25 heavy (non-hydrogen) atoms. The molecule has 0 bridgehead atoms. The Balaban J connectivity index is 2.02. The monoisotopic (exact) mass is 371 g/mol. The fourth-order valence-electron chi connectivity index (χ4n) is 2.63. The highest BCUT2D eigenvalue weighted by atomic mass is 32.2. The van der Waals surface area contributed by atoms with Gasteiger partial charge in [0.05, 0.1) is 18.6 Å². The molecule has 1 aromatic carbocycles. The van der Waals surface area contributed by atoms with Gasteiger partial charge in [0.1, 0.15) is 17.1 Å². The van der Waals surface area contributed by atoms with E-state index in [1.807, 2.05) is 0 Å². The molecule has 8 nitrogen and oxygen atoms in total. The van der Waals surface area contributed by atoms with E-state index in [9.17, 15) is 23.1 Å². The van der Waals surface area contributed by atoms with Gasteiger partial charge in [0, 0.05) is 19.2 Å². The van der Waals surface area contributed by atoms with Gasteiger partial charge >= 0.3 is 5.97 Å². The normalized spacial score (nSPS) is 19.9. The number of aromatic hydroxyl groups is 1. The molecular formula is C16H21NO7S. The van der Waals surface area contributed by atoms with Crippen molar-refractivity contribution in [2.45, 2.75) is 25.5 Å². The summed E-state index contributed by atoms with van der Waals surface area (Å²) in [5, 5.41) is 9.84. The van der Waals surface area contributed by atoms with E-state index in [2.05, 4.69) is 0 Å². The summed E-state index contributed by atoms with van der Waals surface area (Å²) >= 11 is 0. The van der Waals surface area contributed by atoms with Gasteiger partial charge in [0.25, 0.3) is 5.91 Å². The molecule has 2 rings (SSSR count). The Morgan fingerprint density at radius 1 is 1.36 bits per heavy atom.